The third-order valence-corrected chi connectivity index (χ3v) is 1.39. The van der Waals surface area contributed by atoms with E-state index in [1.54, 1.807) is 0 Å². The zero-order valence-corrected chi connectivity index (χ0v) is 7.52. The van der Waals surface area contributed by atoms with E-state index < -0.39 is 19.0 Å². The summed E-state index contributed by atoms with van der Waals surface area (Å²) < 4.78 is 23.4. The van der Waals surface area contributed by atoms with Crippen molar-refractivity contribution in [2.75, 3.05) is 13.1 Å². The molecule has 0 bridgehead atoms. The summed E-state index contributed by atoms with van der Waals surface area (Å²) >= 11 is 0. The van der Waals surface area contributed by atoms with Crippen molar-refractivity contribution in [3.05, 3.63) is 12.7 Å². The highest BCUT2D eigenvalue weighted by atomic mass is 19.3. The first-order valence-corrected chi connectivity index (χ1v) is 3.98. The van der Waals surface area contributed by atoms with E-state index in [0.29, 0.717) is 6.54 Å². The van der Waals surface area contributed by atoms with Crippen LogP contribution >= 0.6 is 0 Å². The first kappa shape index (κ1) is 12.0. The Bertz CT molecular complexity index is 174. The first-order valence-electron chi connectivity index (χ1n) is 3.98. The third kappa shape index (κ3) is 6.21. The quantitative estimate of drug-likeness (QED) is 0.603. The zero-order chi connectivity index (χ0) is 10.3. The molecule has 1 unspecified atom stereocenters. The minimum atomic E-state index is -2.44. The van der Waals surface area contributed by atoms with Crippen LogP contribution in [-0.2, 0) is 4.79 Å². The fraction of sp³-hybridized carbons (Fsp3) is 0.625. The van der Waals surface area contributed by atoms with Crippen LogP contribution in [0.3, 0.4) is 0 Å². The number of alkyl halides is 2. The Labute approximate surface area is 76.2 Å². The maximum Gasteiger partial charge on any atom is 0.250 e. The van der Waals surface area contributed by atoms with Gasteiger partial charge >= 0.3 is 0 Å². The Balaban J connectivity index is 3.62. The van der Waals surface area contributed by atoms with Crippen molar-refractivity contribution < 1.29 is 13.6 Å². The molecule has 1 atom stereocenters. The molecule has 0 rings (SSSR count). The molecule has 2 N–H and O–H groups in total. The molecule has 0 spiro atoms. The summed E-state index contributed by atoms with van der Waals surface area (Å²) in [6.07, 6.45) is -0.910. The summed E-state index contributed by atoms with van der Waals surface area (Å²) in [4.78, 5) is 11.0. The number of carbonyl (C=O) groups excluding carboxylic acids is 1. The third-order valence-electron chi connectivity index (χ3n) is 1.39. The lowest BCUT2D eigenvalue weighted by atomic mass is 10.3. The molecule has 0 fully saturated rings. The Kier molecular flexibility index (Phi) is 6.05. The van der Waals surface area contributed by atoms with Gasteiger partial charge in [0.1, 0.15) is 0 Å². The van der Waals surface area contributed by atoms with Crippen LogP contribution in [0.2, 0.25) is 0 Å². The van der Waals surface area contributed by atoms with E-state index in [1.807, 2.05) is 0 Å². The van der Waals surface area contributed by atoms with Crippen LogP contribution < -0.4 is 10.6 Å². The second-order valence-corrected chi connectivity index (χ2v) is 2.55. The fourth-order valence-corrected chi connectivity index (χ4v) is 0.684. The summed E-state index contributed by atoms with van der Waals surface area (Å²) in [7, 11) is 0. The van der Waals surface area contributed by atoms with E-state index in [4.69, 9.17) is 0 Å². The number of hydrogen-bond acceptors (Lipinski definition) is 2. The van der Waals surface area contributed by atoms with Crippen LogP contribution in [0.25, 0.3) is 0 Å². The monoisotopic (exact) mass is 192 g/mol. The maximum absolute atomic E-state index is 11.7. The smallest absolute Gasteiger partial charge is 0.250 e. The molecule has 0 aromatic carbocycles. The predicted molar refractivity (Wildman–Crippen MR) is 46.7 cm³/mol. The Hall–Kier alpha value is -0.970. The number of halogens is 2. The highest BCUT2D eigenvalue weighted by Crippen LogP contribution is 1.90. The number of nitrogens with one attached hydrogen (secondary N) is 2. The molecule has 0 aliphatic heterocycles. The second kappa shape index (κ2) is 6.54. The normalized spacial score (nSPS) is 12.6. The van der Waals surface area contributed by atoms with E-state index in [0.717, 1.165) is 0 Å². The van der Waals surface area contributed by atoms with E-state index in [9.17, 15) is 13.6 Å². The van der Waals surface area contributed by atoms with Gasteiger partial charge in [-0.15, -0.1) is 6.58 Å². The van der Waals surface area contributed by atoms with Crippen molar-refractivity contribution in [1.82, 2.24) is 10.6 Å². The molecule has 0 aliphatic carbocycles. The molecule has 5 heteroatoms. The molecule has 0 heterocycles. The average Bonchev–Trinajstić information content (AvgIpc) is 2.10. The maximum atomic E-state index is 11.7. The van der Waals surface area contributed by atoms with Crippen molar-refractivity contribution in [3.63, 3.8) is 0 Å². The molecular weight excluding hydrogens is 178 g/mol. The molecule has 0 radical (unpaired) electrons. The van der Waals surface area contributed by atoms with Crippen LogP contribution in [0.1, 0.15) is 6.92 Å². The Morgan fingerprint density at radius 2 is 2.23 bits per heavy atom. The van der Waals surface area contributed by atoms with Crippen LogP contribution in [0.5, 0.6) is 0 Å². The summed E-state index contributed by atoms with van der Waals surface area (Å²) in [5.41, 5.74) is 0. The fourth-order valence-electron chi connectivity index (χ4n) is 0.684. The van der Waals surface area contributed by atoms with E-state index in [1.165, 1.54) is 13.0 Å². The van der Waals surface area contributed by atoms with Crippen LogP contribution in [-0.4, -0.2) is 31.5 Å². The molecule has 1 amide bonds. The second-order valence-electron chi connectivity index (χ2n) is 2.55. The number of amides is 1. The number of carbonyl (C=O) groups is 1. The highest BCUT2D eigenvalue weighted by molar-refractivity contribution is 5.81. The van der Waals surface area contributed by atoms with Gasteiger partial charge in [-0.1, -0.05) is 6.08 Å². The molecule has 76 valence electrons. The lowest BCUT2D eigenvalue weighted by molar-refractivity contribution is -0.122. The Morgan fingerprint density at radius 1 is 1.62 bits per heavy atom. The number of rotatable bonds is 6. The molecule has 0 aromatic rings. The molecule has 0 saturated carbocycles. The molecule has 0 aromatic heterocycles. The van der Waals surface area contributed by atoms with E-state index >= 15 is 0 Å². The van der Waals surface area contributed by atoms with Crippen molar-refractivity contribution >= 4 is 5.91 Å². The topological polar surface area (TPSA) is 41.1 Å². The average molecular weight is 192 g/mol. The minimum Gasteiger partial charge on any atom is -0.351 e. The van der Waals surface area contributed by atoms with Gasteiger partial charge in [-0.25, -0.2) is 8.78 Å². The highest BCUT2D eigenvalue weighted by Gasteiger charge is 2.12. The SMILES string of the molecule is C=CCNC(=O)C(C)NCC(F)F. The van der Waals surface area contributed by atoms with Gasteiger partial charge in [0.2, 0.25) is 5.91 Å². The van der Waals surface area contributed by atoms with Gasteiger partial charge in [0.25, 0.3) is 6.43 Å². The van der Waals surface area contributed by atoms with Crippen molar-refractivity contribution in [2.24, 2.45) is 0 Å². The van der Waals surface area contributed by atoms with Gasteiger partial charge in [0.05, 0.1) is 12.6 Å². The zero-order valence-electron chi connectivity index (χ0n) is 7.52. The van der Waals surface area contributed by atoms with Crippen molar-refractivity contribution in [1.29, 1.82) is 0 Å². The molecule has 0 saturated heterocycles. The van der Waals surface area contributed by atoms with Gasteiger partial charge in [0, 0.05) is 6.54 Å². The molecule has 3 nitrogen and oxygen atoms in total. The predicted octanol–water partition coefficient (Wildman–Crippen LogP) is 0.532. The number of hydrogen-bond donors (Lipinski definition) is 2. The van der Waals surface area contributed by atoms with E-state index in [2.05, 4.69) is 17.2 Å². The lowest BCUT2D eigenvalue weighted by Gasteiger charge is -2.12. The summed E-state index contributed by atoms with van der Waals surface area (Å²) in [5, 5.41) is 4.89. The lowest BCUT2D eigenvalue weighted by Crippen LogP contribution is -2.43. The van der Waals surface area contributed by atoms with Gasteiger partial charge < -0.3 is 10.6 Å². The van der Waals surface area contributed by atoms with Gasteiger partial charge in [-0.3, -0.25) is 4.79 Å². The van der Waals surface area contributed by atoms with Crippen molar-refractivity contribution in [3.8, 4) is 0 Å². The van der Waals surface area contributed by atoms with Crippen LogP contribution in [0.15, 0.2) is 12.7 Å². The Morgan fingerprint density at radius 3 is 2.69 bits per heavy atom. The summed E-state index contributed by atoms with van der Waals surface area (Å²) in [5.74, 6) is -0.305. The van der Waals surface area contributed by atoms with Crippen LogP contribution in [0, 0.1) is 0 Å². The van der Waals surface area contributed by atoms with Crippen LogP contribution in [0.4, 0.5) is 8.78 Å². The largest absolute Gasteiger partial charge is 0.351 e. The first-order chi connectivity index (χ1) is 6.07. The minimum absolute atomic E-state index is 0.305. The molecular formula is C8H14F2N2O. The molecule has 0 aliphatic rings. The van der Waals surface area contributed by atoms with E-state index in [-0.39, 0.29) is 5.91 Å². The molecule has 13 heavy (non-hydrogen) atoms. The summed E-state index contributed by atoms with van der Waals surface area (Å²) in [6.45, 7) is 4.82. The van der Waals surface area contributed by atoms with Gasteiger partial charge in [0.15, 0.2) is 0 Å². The van der Waals surface area contributed by atoms with Crippen molar-refractivity contribution in [2.45, 2.75) is 19.4 Å². The van der Waals surface area contributed by atoms with Gasteiger partial charge in [-0.05, 0) is 6.92 Å². The summed E-state index contributed by atoms with van der Waals surface area (Å²) in [6, 6.07) is -0.603. The van der Waals surface area contributed by atoms with Gasteiger partial charge in [-0.2, -0.15) is 0 Å². The standard InChI is InChI=1S/C8H14F2N2O/c1-3-4-11-8(13)6(2)12-5-7(9)10/h3,6-7,12H,1,4-5H2,2H3,(H,11,13).